The Morgan fingerprint density at radius 3 is 2.56 bits per heavy atom. The second kappa shape index (κ2) is 5.03. The number of nitro groups is 1. The number of sulfonamides is 1. The molecule has 2 rings (SSSR count). The molecule has 1 aromatic carbocycles. The van der Waals surface area contributed by atoms with E-state index in [0.29, 0.717) is 12.0 Å². The first-order chi connectivity index (χ1) is 8.49. The van der Waals surface area contributed by atoms with Crippen LogP contribution in [0.25, 0.3) is 0 Å². The fourth-order valence-corrected chi connectivity index (χ4v) is 3.59. The highest BCUT2D eigenvalue weighted by Crippen LogP contribution is 2.19. The van der Waals surface area contributed by atoms with Gasteiger partial charge in [-0.1, -0.05) is 30.3 Å². The molecule has 18 heavy (non-hydrogen) atoms. The average molecular weight is 270 g/mol. The normalized spacial score (nSPS) is 21.0. The number of benzene rings is 1. The van der Waals surface area contributed by atoms with Crippen molar-refractivity contribution in [1.82, 2.24) is 4.31 Å². The monoisotopic (exact) mass is 270 g/mol. The van der Waals surface area contributed by atoms with Crippen LogP contribution in [-0.4, -0.2) is 36.8 Å². The first-order valence-corrected chi connectivity index (χ1v) is 7.25. The largest absolute Gasteiger partial charge is 0.264 e. The molecule has 1 saturated heterocycles. The van der Waals surface area contributed by atoms with Gasteiger partial charge in [-0.3, -0.25) is 10.1 Å². The Morgan fingerprint density at radius 2 is 2.00 bits per heavy atom. The topological polar surface area (TPSA) is 80.5 Å². The molecule has 1 fully saturated rings. The van der Waals surface area contributed by atoms with E-state index in [2.05, 4.69) is 0 Å². The summed E-state index contributed by atoms with van der Waals surface area (Å²) in [4.78, 5) is 10.2. The second-order valence-corrected chi connectivity index (χ2v) is 6.30. The Labute approximate surface area is 105 Å². The summed E-state index contributed by atoms with van der Waals surface area (Å²) < 4.78 is 25.4. The average Bonchev–Trinajstić information content (AvgIpc) is 2.79. The van der Waals surface area contributed by atoms with Crippen LogP contribution in [0.1, 0.15) is 12.0 Å². The minimum absolute atomic E-state index is 0.0117. The first-order valence-electron chi connectivity index (χ1n) is 5.64. The van der Waals surface area contributed by atoms with Crippen molar-refractivity contribution in [3.63, 3.8) is 0 Å². The summed E-state index contributed by atoms with van der Waals surface area (Å²) in [5, 5.41) is 10.6. The molecular weight excluding hydrogens is 256 g/mol. The van der Waals surface area contributed by atoms with Crippen molar-refractivity contribution in [3.05, 3.63) is 46.0 Å². The van der Waals surface area contributed by atoms with Crippen LogP contribution in [0.5, 0.6) is 0 Å². The van der Waals surface area contributed by atoms with Gasteiger partial charge in [-0.2, -0.15) is 4.31 Å². The number of hydrogen-bond acceptors (Lipinski definition) is 4. The van der Waals surface area contributed by atoms with Crippen molar-refractivity contribution in [2.45, 2.75) is 18.2 Å². The molecule has 0 bridgehead atoms. The van der Waals surface area contributed by atoms with Crippen molar-refractivity contribution in [3.8, 4) is 0 Å². The zero-order chi connectivity index (χ0) is 13.2. The minimum Gasteiger partial charge on any atom is -0.264 e. The molecule has 7 heteroatoms. The van der Waals surface area contributed by atoms with Crippen LogP contribution in [0.3, 0.4) is 0 Å². The molecule has 0 aromatic heterocycles. The number of rotatable bonds is 4. The molecule has 1 aromatic rings. The summed E-state index contributed by atoms with van der Waals surface area (Å²) >= 11 is 0. The van der Waals surface area contributed by atoms with Gasteiger partial charge >= 0.3 is 0 Å². The van der Waals surface area contributed by atoms with Crippen molar-refractivity contribution < 1.29 is 13.3 Å². The van der Waals surface area contributed by atoms with E-state index in [1.54, 1.807) is 24.3 Å². The van der Waals surface area contributed by atoms with E-state index >= 15 is 0 Å². The third-order valence-electron chi connectivity index (χ3n) is 3.01. The first kappa shape index (κ1) is 13.0. The number of hydrogen-bond donors (Lipinski definition) is 0. The van der Waals surface area contributed by atoms with E-state index < -0.39 is 21.0 Å². The fraction of sp³-hybridized carbons (Fsp3) is 0.455. The van der Waals surface area contributed by atoms with Crippen molar-refractivity contribution >= 4 is 10.0 Å². The summed E-state index contributed by atoms with van der Waals surface area (Å²) in [6.07, 6.45) is 0.293. The lowest BCUT2D eigenvalue weighted by atomic mass is 10.2. The fourth-order valence-electron chi connectivity index (χ4n) is 2.01. The maximum Gasteiger partial charge on any atom is 0.228 e. The lowest BCUT2D eigenvalue weighted by Crippen LogP contribution is -2.32. The van der Waals surface area contributed by atoms with Crippen LogP contribution in [-0.2, 0) is 15.8 Å². The van der Waals surface area contributed by atoms with Gasteiger partial charge in [0.05, 0.1) is 12.3 Å². The Hall–Kier alpha value is -1.47. The van der Waals surface area contributed by atoms with Crippen LogP contribution < -0.4 is 0 Å². The van der Waals surface area contributed by atoms with Gasteiger partial charge in [0.15, 0.2) is 0 Å². The lowest BCUT2D eigenvalue weighted by molar-refractivity contribution is -0.517. The zero-order valence-corrected chi connectivity index (χ0v) is 10.5. The van der Waals surface area contributed by atoms with Gasteiger partial charge in [0, 0.05) is 17.9 Å². The molecule has 0 spiro atoms. The zero-order valence-electron chi connectivity index (χ0n) is 9.73. The van der Waals surface area contributed by atoms with Gasteiger partial charge in [-0.25, -0.2) is 8.42 Å². The third kappa shape index (κ3) is 2.85. The van der Waals surface area contributed by atoms with Gasteiger partial charge in [-0.15, -0.1) is 0 Å². The molecule has 1 aliphatic heterocycles. The maximum absolute atomic E-state index is 12.1. The van der Waals surface area contributed by atoms with Gasteiger partial charge in [-0.05, 0) is 5.56 Å². The minimum atomic E-state index is -3.45. The molecular formula is C11H14N2O4S. The molecule has 0 amide bonds. The Morgan fingerprint density at radius 1 is 1.33 bits per heavy atom. The van der Waals surface area contributed by atoms with E-state index in [0.717, 1.165) is 0 Å². The van der Waals surface area contributed by atoms with Crippen LogP contribution in [0.2, 0.25) is 0 Å². The van der Waals surface area contributed by atoms with Crippen LogP contribution >= 0.6 is 0 Å². The molecule has 1 atom stereocenters. The molecule has 1 unspecified atom stereocenters. The van der Waals surface area contributed by atoms with Gasteiger partial charge in [0.25, 0.3) is 0 Å². The Balaban J connectivity index is 2.07. The highest BCUT2D eigenvalue weighted by molar-refractivity contribution is 7.88. The van der Waals surface area contributed by atoms with Gasteiger partial charge in [0.1, 0.15) is 0 Å². The van der Waals surface area contributed by atoms with E-state index in [1.807, 2.05) is 6.07 Å². The SMILES string of the molecule is O=[N+]([O-])C1CCN(S(=O)(=O)Cc2ccccc2)C1. The standard InChI is InChI=1S/C11H14N2O4S/c14-13(15)11-6-7-12(8-11)18(16,17)9-10-4-2-1-3-5-10/h1-5,11H,6-9H2. The molecule has 0 aliphatic carbocycles. The molecule has 0 radical (unpaired) electrons. The predicted octanol–water partition coefficient (Wildman–Crippen LogP) is 0.867. The number of nitrogens with zero attached hydrogens (tertiary/aromatic N) is 2. The van der Waals surface area contributed by atoms with Gasteiger partial charge in [0.2, 0.25) is 16.1 Å². The quantitative estimate of drug-likeness (QED) is 0.600. The Bertz CT molecular complexity index is 529. The highest BCUT2D eigenvalue weighted by Gasteiger charge is 2.37. The van der Waals surface area contributed by atoms with Crippen LogP contribution in [0.4, 0.5) is 0 Å². The lowest BCUT2D eigenvalue weighted by Gasteiger charge is -2.14. The van der Waals surface area contributed by atoms with Gasteiger partial charge < -0.3 is 0 Å². The van der Waals surface area contributed by atoms with E-state index in [9.17, 15) is 18.5 Å². The molecule has 1 aliphatic rings. The van der Waals surface area contributed by atoms with Crippen LogP contribution in [0, 0.1) is 10.1 Å². The van der Waals surface area contributed by atoms with Crippen LogP contribution in [0.15, 0.2) is 30.3 Å². The second-order valence-electron chi connectivity index (χ2n) is 4.33. The molecule has 1 heterocycles. The summed E-state index contributed by atoms with van der Waals surface area (Å²) in [5.74, 6) is -0.0989. The summed E-state index contributed by atoms with van der Waals surface area (Å²) in [7, 11) is -3.45. The molecule has 0 saturated carbocycles. The summed E-state index contributed by atoms with van der Waals surface area (Å²) in [5.41, 5.74) is 0.696. The molecule has 6 nitrogen and oxygen atoms in total. The van der Waals surface area contributed by atoms with Crippen molar-refractivity contribution in [2.24, 2.45) is 0 Å². The summed E-state index contributed by atoms with van der Waals surface area (Å²) in [6.45, 7) is 0.225. The Kier molecular flexibility index (Phi) is 3.63. The molecule has 98 valence electrons. The summed E-state index contributed by atoms with van der Waals surface area (Å²) in [6, 6.07) is 8.06. The molecule has 0 N–H and O–H groups in total. The third-order valence-corrected chi connectivity index (χ3v) is 4.83. The predicted molar refractivity (Wildman–Crippen MR) is 66.0 cm³/mol. The van der Waals surface area contributed by atoms with Crippen molar-refractivity contribution in [2.75, 3.05) is 13.1 Å². The maximum atomic E-state index is 12.1. The highest BCUT2D eigenvalue weighted by atomic mass is 32.2. The van der Waals surface area contributed by atoms with E-state index in [-0.39, 0.29) is 18.8 Å². The van der Waals surface area contributed by atoms with Crippen molar-refractivity contribution in [1.29, 1.82) is 0 Å². The van der Waals surface area contributed by atoms with E-state index in [4.69, 9.17) is 0 Å². The smallest absolute Gasteiger partial charge is 0.228 e. The van der Waals surface area contributed by atoms with E-state index in [1.165, 1.54) is 4.31 Å².